The number of carboxylic acid groups (broad SMARTS) is 1. The van der Waals surface area contributed by atoms with Gasteiger partial charge >= 0.3 is 5.97 Å². The number of aliphatic carboxylic acids is 1. The van der Waals surface area contributed by atoms with Gasteiger partial charge in [-0.15, -0.1) is 0 Å². The maximum Gasteiger partial charge on any atom is 0.326 e. The van der Waals surface area contributed by atoms with E-state index in [1.807, 2.05) is 69.1 Å². The third kappa shape index (κ3) is 38.6. The molecule has 0 rings (SSSR count). The van der Waals surface area contributed by atoms with Crippen molar-refractivity contribution in [2.75, 3.05) is 52.4 Å². The van der Waals surface area contributed by atoms with Crippen molar-refractivity contribution in [3.8, 4) is 0 Å². The van der Waals surface area contributed by atoms with Crippen LogP contribution in [-0.4, -0.2) is 248 Å². The van der Waals surface area contributed by atoms with Gasteiger partial charge in [0.2, 0.25) is 136 Å². The Labute approximate surface area is 544 Å². The van der Waals surface area contributed by atoms with Crippen molar-refractivity contribution in [1.29, 1.82) is 0 Å². The minimum absolute atomic E-state index is 0.548. The second-order valence-corrected chi connectivity index (χ2v) is 20.0. The number of amides is 23. The van der Waals surface area contributed by atoms with Crippen molar-refractivity contribution in [1.82, 2.24) is 79.8 Å². The summed E-state index contributed by atoms with van der Waals surface area (Å²) in [6, 6.07) is -14.7. The van der Waals surface area contributed by atoms with Gasteiger partial charge < -0.3 is 136 Å². The first-order valence-corrected chi connectivity index (χ1v) is 27.6. The first-order chi connectivity index (χ1) is 45.1. The van der Waals surface area contributed by atoms with Crippen molar-refractivity contribution < 1.29 is 120 Å². The van der Waals surface area contributed by atoms with Gasteiger partial charge in [-0.2, -0.15) is 0 Å². The quantitative estimate of drug-likeness (QED) is 0.0269. The molecule has 8 atom stereocenters. The average molecular weight is 1390 g/mol. The molecule has 0 aliphatic carbocycles. The van der Waals surface area contributed by atoms with Crippen LogP contribution in [0.2, 0.25) is 0 Å². The predicted molar refractivity (Wildman–Crippen MR) is 314 cm³/mol. The van der Waals surface area contributed by atoms with Crippen molar-refractivity contribution >= 4 is 142 Å². The van der Waals surface area contributed by atoms with Gasteiger partial charge in [0.25, 0.3) is 0 Å². The van der Waals surface area contributed by atoms with Crippen LogP contribution in [0.5, 0.6) is 0 Å². The standard InChI is InChI=1S/C48H74N24O25/c49-17(1-25(50)73)41(89)62-9-33(81)58-13-37(85)66-21(5-29(54)77)45(93)70-18(2-26(51)74)42(90)63-10-34(82)59-14-38(86)67-22(6-30(55)78)46(94)71-19(3-27(52)75)43(91)64-11-35(83)60-15-39(87)68-23(7-31(56)79)47(95)72-20(4-28(53)76)44(92)65-12-36(84)61-16-40(88)69-24(48(96)97)8-32(57)80/h17-24H,1-16,49H2,(H2,50,73)(H2,51,74)(H2,52,75)(H2,53,76)(H2,54,77)(H2,55,78)(H2,56,79)(H2,57,80)(H,58,81)(H,59,82)(H,60,83)(H,61,84)(H,62,89)(H,63,90)(H,64,91)(H,65,92)(H,66,85)(H,67,86)(H,68,87)(H,69,88)(H,70,93)(H,71,94)(H,72,95)(H,96,97)/t17-,18-,19-,20-,21-,22-,23-,24-/m0/s1. The van der Waals surface area contributed by atoms with Crippen LogP contribution in [0.15, 0.2) is 0 Å². The number of nitrogens with one attached hydrogen (secondary N) is 15. The number of carbonyl (C=O) groups is 24. The van der Waals surface area contributed by atoms with E-state index >= 15 is 0 Å². The summed E-state index contributed by atoms with van der Waals surface area (Å²) < 4.78 is 0. The number of carboxylic acids is 1. The van der Waals surface area contributed by atoms with Crippen molar-refractivity contribution in [3.63, 3.8) is 0 Å². The van der Waals surface area contributed by atoms with E-state index in [1.54, 1.807) is 0 Å². The summed E-state index contributed by atoms with van der Waals surface area (Å²) in [5.41, 5.74) is 46.5. The Balaban J connectivity index is 5.66. The molecule has 0 unspecified atom stereocenters. The lowest BCUT2D eigenvalue weighted by molar-refractivity contribution is -0.143. The minimum Gasteiger partial charge on any atom is -0.480 e. The van der Waals surface area contributed by atoms with Crippen LogP contribution in [0.25, 0.3) is 0 Å². The molecule has 49 heteroatoms. The SMILES string of the molecule is NC(=O)C[C@H](NC(=O)CNC(=O)CNC(=O)[C@H](CC(N)=O)NC(=O)[C@H](CC(N)=O)NC(=O)CNC(=O)CNC(=O)[C@H](CC(N)=O)NC(=O)[C@H](CC(N)=O)NC(=O)CNC(=O)CNC(=O)[C@H](CC(N)=O)NC(=O)[C@H](CC(N)=O)NC(=O)CNC(=O)CNC(=O)[C@@H](N)CC(N)=O)C(=O)O. The Bertz CT molecular complexity index is 3090. The molecule has 0 saturated carbocycles. The Morgan fingerprint density at radius 1 is 0.216 bits per heavy atom. The number of carbonyl (C=O) groups excluding carboxylic acids is 23. The van der Waals surface area contributed by atoms with Crippen LogP contribution in [0.4, 0.5) is 0 Å². The molecule has 0 radical (unpaired) electrons. The number of hydrogen-bond donors (Lipinski definition) is 25. The largest absolute Gasteiger partial charge is 0.480 e. The van der Waals surface area contributed by atoms with Crippen LogP contribution in [0.3, 0.4) is 0 Å². The Kier molecular flexibility index (Phi) is 37.5. The maximum atomic E-state index is 13.3. The van der Waals surface area contributed by atoms with E-state index in [4.69, 9.17) is 56.7 Å². The molecule has 23 amide bonds. The molecule has 0 spiro atoms. The summed E-state index contributed by atoms with van der Waals surface area (Å²) in [6.45, 7) is -7.57. The monoisotopic (exact) mass is 1390 g/mol. The maximum absolute atomic E-state index is 13.3. The summed E-state index contributed by atoms with van der Waals surface area (Å²) in [5.74, 6) is -29.0. The molecule has 97 heavy (non-hydrogen) atoms. The van der Waals surface area contributed by atoms with Gasteiger partial charge in [0, 0.05) is 0 Å². The molecule has 0 aromatic rings. The van der Waals surface area contributed by atoms with Gasteiger partial charge in [-0.1, -0.05) is 0 Å². The fourth-order valence-electron chi connectivity index (χ4n) is 7.11. The van der Waals surface area contributed by atoms with E-state index in [0.717, 1.165) is 0 Å². The van der Waals surface area contributed by atoms with Gasteiger partial charge in [0.05, 0.1) is 110 Å². The van der Waals surface area contributed by atoms with Gasteiger partial charge in [-0.05, 0) is 0 Å². The normalized spacial score (nSPS) is 12.8. The first kappa shape index (κ1) is 84.2. The third-order valence-electron chi connectivity index (χ3n) is 11.6. The highest BCUT2D eigenvalue weighted by molar-refractivity contribution is 6.02. The van der Waals surface area contributed by atoms with Gasteiger partial charge in [0.1, 0.15) is 42.3 Å². The molecule has 0 bridgehead atoms. The predicted octanol–water partition coefficient (Wildman–Crippen LogP) is -20.3. The number of rotatable bonds is 47. The lowest BCUT2D eigenvalue weighted by Gasteiger charge is -2.22. The zero-order valence-corrected chi connectivity index (χ0v) is 50.9. The zero-order chi connectivity index (χ0) is 74.4. The lowest BCUT2D eigenvalue weighted by Crippen LogP contribution is -2.57. The topological polar surface area (TPSA) is 845 Å². The molecular formula is C48H74N24O25. The van der Waals surface area contributed by atoms with Gasteiger partial charge in [0.15, 0.2) is 0 Å². The van der Waals surface area contributed by atoms with Crippen LogP contribution >= 0.6 is 0 Å². The molecule has 0 aliphatic rings. The van der Waals surface area contributed by atoms with Gasteiger partial charge in [-0.3, -0.25) is 110 Å². The molecule has 0 aromatic carbocycles. The molecule has 536 valence electrons. The molecule has 49 nitrogen and oxygen atoms in total. The number of nitrogens with two attached hydrogens (primary N) is 9. The third-order valence-corrected chi connectivity index (χ3v) is 11.6. The summed E-state index contributed by atoms with van der Waals surface area (Å²) in [6.07, 6.45) is -7.19. The lowest BCUT2D eigenvalue weighted by atomic mass is 10.1. The van der Waals surface area contributed by atoms with E-state index in [2.05, 4.69) is 10.6 Å². The Morgan fingerprint density at radius 3 is 0.598 bits per heavy atom. The average Bonchev–Trinajstić information content (AvgIpc) is 0.953. The molecule has 0 aliphatic heterocycles. The van der Waals surface area contributed by atoms with E-state index in [-0.39, 0.29) is 0 Å². The van der Waals surface area contributed by atoms with Crippen molar-refractivity contribution in [3.05, 3.63) is 0 Å². The smallest absolute Gasteiger partial charge is 0.326 e. The van der Waals surface area contributed by atoms with Crippen LogP contribution in [-0.2, 0) is 115 Å². The van der Waals surface area contributed by atoms with E-state index in [1.165, 1.54) is 0 Å². The second kappa shape index (κ2) is 43.1. The van der Waals surface area contributed by atoms with Crippen molar-refractivity contribution in [2.24, 2.45) is 51.6 Å². The molecule has 34 N–H and O–H groups in total. The fourth-order valence-corrected chi connectivity index (χ4v) is 7.11. The summed E-state index contributed by atoms with van der Waals surface area (Å²) in [7, 11) is 0. The van der Waals surface area contributed by atoms with E-state index < -0.39 is 294 Å². The van der Waals surface area contributed by atoms with E-state index in [9.17, 15) is 115 Å². The fraction of sp³-hybridized carbons (Fsp3) is 0.500. The molecule has 0 fully saturated rings. The van der Waals surface area contributed by atoms with Crippen LogP contribution in [0, 0.1) is 0 Å². The molecule has 0 aromatic heterocycles. The Morgan fingerprint density at radius 2 is 0.392 bits per heavy atom. The highest BCUT2D eigenvalue weighted by Crippen LogP contribution is 2.02. The molecule has 0 heterocycles. The molecular weight excluding hydrogens is 1310 g/mol. The minimum atomic E-state index is -1.98. The highest BCUT2D eigenvalue weighted by Gasteiger charge is 2.34. The van der Waals surface area contributed by atoms with Crippen molar-refractivity contribution in [2.45, 2.75) is 99.7 Å². The summed E-state index contributed by atoms with van der Waals surface area (Å²) in [5, 5.41) is 39.2. The number of hydrogen-bond acceptors (Lipinski definition) is 25. The number of primary amides is 8. The van der Waals surface area contributed by atoms with Crippen LogP contribution in [0.1, 0.15) is 51.4 Å². The molecule has 0 saturated heterocycles. The zero-order valence-electron chi connectivity index (χ0n) is 50.9. The highest BCUT2D eigenvalue weighted by atomic mass is 16.4. The summed E-state index contributed by atoms with van der Waals surface area (Å²) in [4.78, 5) is 295. The summed E-state index contributed by atoms with van der Waals surface area (Å²) >= 11 is 0. The Hall–Kier alpha value is -12.8. The second-order valence-electron chi connectivity index (χ2n) is 20.0. The van der Waals surface area contributed by atoms with E-state index in [0.29, 0.717) is 0 Å². The van der Waals surface area contributed by atoms with Gasteiger partial charge in [-0.25, -0.2) is 4.79 Å². The van der Waals surface area contributed by atoms with Crippen LogP contribution < -0.4 is 131 Å². The first-order valence-electron chi connectivity index (χ1n) is 27.6.